The van der Waals surface area contributed by atoms with Gasteiger partial charge in [0.05, 0.1) is 34.4 Å². The molecule has 224 valence electrons. The monoisotopic (exact) mass is 562 g/mol. The number of phosphoric acid groups is 1. The molecule has 0 aliphatic heterocycles. The zero-order chi connectivity index (χ0) is 28.5. The highest BCUT2D eigenvalue weighted by Crippen LogP contribution is 2.43. The molecule has 0 amide bonds. The molecule has 0 aromatic heterocycles. The number of allylic oxidation sites excluding steroid dienone is 4. The Balaban J connectivity index is 3.79. The predicted molar refractivity (Wildman–Crippen MR) is 155 cm³/mol. The molecule has 38 heavy (non-hydrogen) atoms. The van der Waals surface area contributed by atoms with E-state index in [2.05, 4.69) is 31.2 Å². The number of ether oxygens (including phenoxy) is 2. The Morgan fingerprint density at radius 2 is 1.39 bits per heavy atom. The quantitative estimate of drug-likeness (QED) is 0.0400. The van der Waals surface area contributed by atoms with Crippen LogP contribution in [0.4, 0.5) is 0 Å². The summed E-state index contributed by atoms with van der Waals surface area (Å²) in [6.45, 7) is 4.56. The van der Waals surface area contributed by atoms with Crippen molar-refractivity contribution in [3.8, 4) is 0 Å². The highest BCUT2D eigenvalue weighted by molar-refractivity contribution is 7.47. The molecule has 0 radical (unpaired) electrons. The zero-order valence-electron chi connectivity index (χ0n) is 24.9. The van der Waals surface area contributed by atoms with Gasteiger partial charge in [-0.2, -0.15) is 0 Å². The summed E-state index contributed by atoms with van der Waals surface area (Å²) in [5.74, 6) is -0.495. The molecule has 0 aromatic carbocycles. The Hall–Kier alpha value is -1.02. The summed E-state index contributed by atoms with van der Waals surface area (Å²) in [6.07, 6.45) is 24.0. The van der Waals surface area contributed by atoms with Crippen molar-refractivity contribution in [3.63, 3.8) is 0 Å². The Kier molecular flexibility index (Phi) is 23.2. The minimum Gasteiger partial charge on any atom is -0.458 e. The fourth-order valence-corrected chi connectivity index (χ4v) is 4.32. The molecule has 0 rings (SSSR count). The van der Waals surface area contributed by atoms with Crippen LogP contribution >= 0.6 is 7.82 Å². The van der Waals surface area contributed by atoms with E-state index >= 15 is 0 Å². The average molecular weight is 563 g/mol. The summed E-state index contributed by atoms with van der Waals surface area (Å²) in [5.41, 5.74) is 0. The first-order valence-corrected chi connectivity index (χ1v) is 16.0. The van der Waals surface area contributed by atoms with Gasteiger partial charge in [-0.25, -0.2) is 4.57 Å². The number of phosphoric ester groups is 1. The smallest absolute Gasteiger partial charge is 0.458 e. The molecule has 9 heteroatoms. The average Bonchev–Trinajstić information content (AvgIpc) is 2.82. The maximum atomic E-state index is 12.1. The SMILES string of the molecule is CCCCCC/C=C\C/C=C\CCCCCCCCOCC(COP(=O)(O)OCC[N+](C)(C)C)OC(C)=O. The maximum absolute atomic E-state index is 12.1. The lowest BCUT2D eigenvalue weighted by Gasteiger charge is -2.24. The van der Waals surface area contributed by atoms with E-state index in [-0.39, 0.29) is 19.8 Å². The molecule has 0 bridgehead atoms. The first-order chi connectivity index (χ1) is 18.1. The lowest BCUT2D eigenvalue weighted by atomic mass is 10.1. The van der Waals surface area contributed by atoms with Crippen LogP contribution in [0.5, 0.6) is 0 Å². The van der Waals surface area contributed by atoms with Crippen molar-refractivity contribution in [2.24, 2.45) is 0 Å². The van der Waals surface area contributed by atoms with Gasteiger partial charge in [0.2, 0.25) is 0 Å². The third kappa shape index (κ3) is 28.0. The van der Waals surface area contributed by atoms with E-state index < -0.39 is 19.9 Å². The van der Waals surface area contributed by atoms with E-state index in [0.29, 0.717) is 17.6 Å². The second-order valence-corrected chi connectivity index (χ2v) is 12.3. The number of carbonyl (C=O) groups is 1. The fraction of sp³-hybridized carbons (Fsp3) is 0.828. The Morgan fingerprint density at radius 3 is 1.97 bits per heavy atom. The number of quaternary nitrogens is 1. The van der Waals surface area contributed by atoms with E-state index in [1.807, 2.05) is 21.1 Å². The summed E-state index contributed by atoms with van der Waals surface area (Å²) in [6, 6.07) is 0. The summed E-state index contributed by atoms with van der Waals surface area (Å²) < 4.78 is 33.4. The van der Waals surface area contributed by atoms with E-state index in [1.165, 1.54) is 64.7 Å². The van der Waals surface area contributed by atoms with Crippen molar-refractivity contribution in [1.29, 1.82) is 0 Å². The van der Waals surface area contributed by atoms with Crippen molar-refractivity contribution >= 4 is 13.8 Å². The van der Waals surface area contributed by atoms with Crippen LogP contribution in [0.25, 0.3) is 0 Å². The molecule has 0 aromatic rings. The van der Waals surface area contributed by atoms with Gasteiger partial charge in [-0.05, 0) is 38.5 Å². The minimum absolute atomic E-state index is 0.0830. The minimum atomic E-state index is -4.22. The second kappa shape index (κ2) is 23.8. The summed E-state index contributed by atoms with van der Waals surface area (Å²) in [4.78, 5) is 21.2. The Labute approximate surface area is 233 Å². The van der Waals surface area contributed by atoms with E-state index in [0.717, 1.165) is 25.7 Å². The van der Waals surface area contributed by atoms with E-state index in [9.17, 15) is 14.3 Å². The molecular weight excluding hydrogens is 505 g/mol. The molecule has 0 aliphatic rings. The third-order valence-electron chi connectivity index (χ3n) is 5.82. The van der Waals surface area contributed by atoms with E-state index in [4.69, 9.17) is 18.5 Å². The molecule has 0 fully saturated rings. The van der Waals surface area contributed by atoms with E-state index in [1.54, 1.807) is 0 Å². The molecule has 1 N–H and O–H groups in total. The topological polar surface area (TPSA) is 91.3 Å². The highest BCUT2D eigenvalue weighted by atomic mass is 31.2. The van der Waals surface area contributed by atoms with Crippen molar-refractivity contribution in [1.82, 2.24) is 0 Å². The molecule has 0 heterocycles. The van der Waals surface area contributed by atoms with Crippen molar-refractivity contribution in [2.45, 2.75) is 103 Å². The molecule has 8 nitrogen and oxygen atoms in total. The van der Waals surface area contributed by atoms with Crippen LogP contribution in [0.2, 0.25) is 0 Å². The van der Waals surface area contributed by atoms with Crippen LogP contribution in [0.15, 0.2) is 24.3 Å². The highest BCUT2D eigenvalue weighted by Gasteiger charge is 2.25. The van der Waals surface area contributed by atoms with Gasteiger partial charge in [0, 0.05) is 13.5 Å². The van der Waals surface area contributed by atoms with Crippen molar-refractivity contribution < 1.29 is 37.3 Å². The van der Waals surface area contributed by atoms with Crippen LogP contribution in [0, 0.1) is 0 Å². The number of esters is 1. The normalized spacial score (nSPS) is 14.8. The molecule has 2 unspecified atom stereocenters. The maximum Gasteiger partial charge on any atom is 0.472 e. The Bertz CT molecular complexity index is 676. The van der Waals surface area contributed by atoms with Gasteiger partial charge in [0.15, 0.2) is 0 Å². The van der Waals surface area contributed by atoms with Crippen molar-refractivity contribution in [3.05, 3.63) is 24.3 Å². The fourth-order valence-electron chi connectivity index (χ4n) is 3.58. The summed E-state index contributed by atoms with van der Waals surface area (Å²) in [5, 5.41) is 0. The lowest BCUT2D eigenvalue weighted by Crippen LogP contribution is -2.37. The molecular formula is C29H57NO7P+. The van der Waals surface area contributed by atoms with Gasteiger partial charge in [-0.15, -0.1) is 0 Å². The number of likely N-dealkylation sites (N-methyl/N-ethyl adjacent to an activating group) is 1. The van der Waals surface area contributed by atoms with Crippen LogP contribution in [-0.2, 0) is 27.9 Å². The van der Waals surface area contributed by atoms with Crippen LogP contribution in [0.1, 0.15) is 97.3 Å². The molecule has 0 saturated heterocycles. The van der Waals surface area contributed by atoms with Crippen LogP contribution < -0.4 is 0 Å². The number of hydrogen-bond acceptors (Lipinski definition) is 6. The van der Waals surface area contributed by atoms with Gasteiger partial charge in [-0.1, -0.05) is 76.2 Å². The number of rotatable bonds is 26. The standard InChI is InChI=1S/C29H56NO7P/c1-6-7-8-9-10-11-12-13-14-15-16-17-18-19-20-21-22-24-34-26-29(37-28(2)31)27-36-38(32,33)35-25-23-30(3,4)5/h11-12,14-15,29H,6-10,13,16-27H2,1-5H3/p+1/b12-11-,15-14-. The second-order valence-electron chi connectivity index (χ2n) is 10.9. The summed E-state index contributed by atoms with van der Waals surface area (Å²) in [7, 11) is 1.64. The zero-order valence-corrected chi connectivity index (χ0v) is 25.8. The van der Waals surface area contributed by atoms with Gasteiger partial charge in [-0.3, -0.25) is 13.8 Å². The molecule has 0 spiro atoms. The van der Waals surface area contributed by atoms with Gasteiger partial charge < -0.3 is 18.9 Å². The number of carbonyl (C=O) groups excluding carboxylic acids is 1. The van der Waals surface area contributed by atoms with Gasteiger partial charge >= 0.3 is 13.8 Å². The number of unbranched alkanes of at least 4 members (excludes halogenated alkanes) is 10. The first kappa shape index (κ1) is 37.0. The van der Waals surface area contributed by atoms with Gasteiger partial charge in [0.25, 0.3) is 0 Å². The molecule has 0 saturated carbocycles. The third-order valence-corrected chi connectivity index (χ3v) is 6.80. The Morgan fingerprint density at radius 1 is 0.816 bits per heavy atom. The molecule has 2 atom stereocenters. The lowest BCUT2D eigenvalue weighted by molar-refractivity contribution is -0.870. The van der Waals surface area contributed by atoms with Crippen LogP contribution in [-0.4, -0.2) is 75.6 Å². The predicted octanol–water partition coefficient (Wildman–Crippen LogP) is 6.98. The van der Waals surface area contributed by atoms with Gasteiger partial charge in [0.1, 0.15) is 19.3 Å². The van der Waals surface area contributed by atoms with Crippen LogP contribution in [0.3, 0.4) is 0 Å². The summed E-state index contributed by atoms with van der Waals surface area (Å²) >= 11 is 0. The van der Waals surface area contributed by atoms with Crippen molar-refractivity contribution in [2.75, 3.05) is 54.1 Å². The number of nitrogens with zero attached hydrogens (tertiary/aromatic N) is 1. The molecule has 0 aliphatic carbocycles. The number of hydrogen-bond donors (Lipinski definition) is 1. The largest absolute Gasteiger partial charge is 0.472 e. The first-order valence-electron chi connectivity index (χ1n) is 14.5.